The van der Waals surface area contributed by atoms with Crippen molar-refractivity contribution in [1.29, 1.82) is 0 Å². The SMILES string of the molecule is CCN(C)C(=O)c1ccc(N2CCC[C@@H](OCc3ccccn3)C2)nc1. The molecule has 6 nitrogen and oxygen atoms in total. The molecule has 0 N–H and O–H groups in total. The first-order valence-corrected chi connectivity index (χ1v) is 9.15. The minimum Gasteiger partial charge on any atom is -0.370 e. The molecular weight excluding hydrogens is 328 g/mol. The van der Waals surface area contributed by atoms with Crippen molar-refractivity contribution in [1.82, 2.24) is 14.9 Å². The van der Waals surface area contributed by atoms with Crippen molar-refractivity contribution < 1.29 is 9.53 Å². The van der Waals surface area contributed by atoms with Crippen LogP contribution in [0.4, 0.5) is 5.82 Å². The largest absolute Gasteiger partial charge is 0.370 e. The number of ether oxygens (including phenoxy) is 1. The highest BCUT2D eigenvalue weighted by Crippen LogP contribution is 2.20. The van der Waals surface area contributed by atoms with Crippen LogP contribution in [0.1, 0.15) is 35.8 Å². The van der Waals surface area contributed by atoms with E-state index in [1.54, 1.807) is 24.3 Å². The normalized spacial score (nSPS) is 17.2. The average molecular weight is 354 g/mol. The van der Waals surface area contributed by atoms with Crippen molar-refractivity contribution in [3.8, 4) is 0 Å². The highest BCUT2D eigenvalue weighted by molar-refractivity contribution is 5.93. The first-order valence-electron chi connectivity index (χ1n) is 9.15. The van der Waals surface area contributed by atoms with Gasteiger partial charge in [0.2, 0.25) is 0 Å². The van der Waals surface area contributed by atoms with Crippen LogP contribution in [0.2, 0.25) is 0 Å². The summed E-state index contributed by atoms with van der Waals surface area (Å²) in [5.41, 5.74) is 1.57. The number of hydrogen-bond donors (Lipinski definition) is 0. The number of anilines is 1. The fourth-order valence-electron chi connectivity index (χ4n) is 3.03. The summed E-state index contributed by atoms with van der Waals surface area (Å²) in [4.78, 5) is 24.9. The fourth-order valence-corrected chi connectivity index (χ4v) is 3.03. The van der Waals surface area contributed by atoms with Crippen molar-refractivity contribution in [2.45, 2.75) is 32.5 Å². The minimum absolute atomic E-state index is 0.00163. The second-order valence-corrected chi connectivity index (χ2v) is 6.57. The second kappa shape index (κ2) is 8.76. The Morgan fingerprint density at radius 1 is 1.31 bits per heavy atom. The van der Waals surface area contributed by atoms with Gasteiger partial charge in [-0.3, -0.25) is 9.78 Å². The van der Waals surface area contributed by atoms with E-state index in [1.165, 1.54) is 0 Å². The van der Waals surface area contributed by atoms with Crippen molar-refractivity contribution >= 4 is 11.7 Å². The van der Waals surface area contributed by atoms with E-state index >= 15 is 0 Å². The Balaban J connectivity index is 1.58. The fraction of sp³-hybridized carbons (Fsp3) is 0.450. The van der Waals surface area contributed by atoms with E-state index in [-0.39, 0.29) is 12.0 Å². The van der Waals surface area contributed by atoms with Gasteiger partial charge in [0.15, 0.2) is 0 Å². The van der Waals surface area contributed by atoms with Crippen molar-refractivity contribution in [3.05, 3.63) is 54.0 Å². The van der Waals surface area contributed by atoms with E-state index in [0.717, 1.165) is 37.4 Å². The monoisotopic (exact) mass is 354 g/mol. The molecule has 138 valence electrons. The minimum atomic E-state index is 0.00163. The zero-order chi connectivity index (χ0) is 18.4. The van der Waals surface area contributed by atoms with Crippen molar-refractivity contribution in [3.63, 3.8) is 0 Å². The smallest absolute Gasteiger partial charge is 0.255 e. The standard InChI is InChI=1S/C20H26N4O2/c1-3-23(2)20(25)16-9-10-19(22-13-16)24-12-6-8-18(14-24)26-15-17-7-4-5-11-21-17/h4-5,7,9-11,13,18H,3,6,8,12,14-15H2,1-2H3/t18-/m1/s1. The molecular formula is C20H26N4O2. The highest BCUT2D eigenvalue weighted by Gasteiger charge is 2.22. The number of hydrogen-bond acceptors (Lipinski definition) is 5. The lowest BCUT2D eigenvalue weighted by atomic mass is 10.1. The number of carbonyl (C=O) groups excluding carboxylic acids is 1. The third-order valence-corrected chi connectivity index (χ3v) is 4.71. The molecule has 0 aliphatic carbocycles. The third kappa shape index (κ3) is 4.58. The lowest BCUT2D eigenvalue weighted by Crippen LogP contribution is -2.40. The lowest BCUT2D eigenvalue weighted by Gasteiger charge is -2.33. The molecule has 3 rings (SSSR count). The maximum Gasteiger partial charge on any atom is 0.255 e. The number of nitrogens with zero attached hydrogens (tertiary/aromatic N) is 4. The molecule has 0 aromatic carbocycles. The third-order valence-electron chi connectivity index (χ3n) is 4.71. The zero-order valence-corrected chi connectivity index (χ0v) is 15.5. The molecule has 0 bridgehead atoms. The Hall–Kier alpha value is -2.47. The highest BCUT2D eigenvalue weighted by atomic mass is 16.5. The van der Waals surface area contributed by atoms with E-state index in [1.807, 2.05) is 37.3 Å². The topological polar surface area (TPSA) is 58.6 Å². The second-order valence-electron chi connectivity index (χ2n) is 6.57. The zero-order valence-electron chi connectivity index (χ0n) is 15.5. The van der Waals surface area contributed by atoms with Crippen LogP contribution >= 0.6 is 0 Å². The molecule has 1 aliphatic heterocycles. The van der Waals surface area contributed by atoms with Gasteiger partial charge < -0.3 is 14.5 Å². The van der Waals surface area contributed by atoms with Crippen LogP contribution in [-0.4, -0.2) is 53.6 Å². The van der Waals surface area contributed by atoms with Gasteiger partial charge in [-0.15, -0.1) is 0 Å². The Morgan fingerprint density at radius 2 is 2.19 bits per heavy atom. The summed E-state index contributed by atoms with van der Waals surface area (Å²) in [6.45, 7) is 4.94. The molecule has 1 fully saturated rings. The van der Waals surface area contributed by atoms with Crippen molar-refractivity contribution in [2.75, 3.05) is 31.6 Å². The maximum absolute atomic E-state index is 12.2. The van der Waals surface area contributed by atoms with Crippen LogP contribution < -0.4 is 4.90 Å². The number of amides is 1. The number of rotatable bonds is 6. The molecule has 0 saturated carbocycles. The lowest BCUT2D eigenvalue weighted by molar-refractivity contribution is 0.0297. The molecule has 1 amide bonds. The first-order chi connectivity index (χ1) is 12.7. The van der Waals surface area contributed by atoms with Crippen LogP contribution in [0.15, 0.2) is 42.7 Å². The van der Waals surface area contributed by atoms with E-state index in [4.69, 9.17) is 4.74 Å². The van der Waals surface area contributed by atoms with E-state index in [9.17, 15) is 4.79 Å². The molecule has 3 heterocycles. The van der Waals surface area contributed by atoms with Gasteiger partial charge in [-0.2, -0.15) is 0 Å². The van der Waals surface area contributed by atoms with Gasteiger partial charge in [-0.25, -0.2) is 4.98 Å². The average Bonchev–Trinajstić information content (AvgIpc) is 2.72. The molecule has 0 radical (unpaired) electrons. The van der Waals surface area contributed by atoms with Crippen LogP contribution in [-0.2, 0) is 11.3 Å². The molecule has 2 aromatic heterocycles. The van der Waals surface area contributed by atoms with Gasteiger partial charge in [0.05, 0.1) is 24.0 Å². The summed E-state index contributed by atoms with van der Waals surface area (Å²) >= 11 is 0. The van der Waals surface area contributed by atoms with Gasteiger partial charge in [-0.05, 0) is 44.0 Å². The molecule has 2 aromatic rings. The first kappa shape index (κ1) is 18.3. The summed E-state index contributed by atoms with van der Waals surface area (Å²) in [6.07, 6.45) is 5.73. The molecule has 1 saturated heterocycles. The number of piperidine rings is 1. The Morgan fingerprint density at radius 3 is 2.88 bits per heavy atom. The van der Waals surface area contributed by atoms with Gasteiger partial charge in [0.25, 0.3) is 5.91 Å². The molecule has 26 heavy (non-hydrogen) atoms. The van der Waals surface area contributed by atoms with E-state index < -0.39 is 0 Å². The van der Waals surface area contributed by atoms with Crippen LogP contribution in [0.25, 0.3) is 0 Å². The molecule has 6 heteroatoms. The Labute approximate surface area is 154 Å². The summed E-state index contributed by atoms with van der Waals surface area (Å²) < 4.78 is 6.04. The van der Waals surface area contributed by atoms with Crippen LogP contribution in [0, 0.1) is 0 Å². The van der Waals surface area contributed by atoms with Crippen LogP contribution in [0.5, 0.6) is 0 Å². The molecule has 0 spiro atoms. The van der Waals surface area contributed by atoms with Gasteiger partial charge in [0.1, 0.15) is 5.82 Å². The van der Waals surface area contributed by atoms with Gasteiger partial charge in [0, 0.05) is 39.1 Å². The number of carbonyl (C=O) groups is 1. The number of pyridine rings is 2. The summed E-state index contributed by atoms with van der Waals surface area (Å²) in [7, 11) is 1.80. The predicted octanol–water partition coefficient (Wildman–Crippen LogP) is 2.75. The van der Waals surface area contributed by atoms with Gasteiger partial charge in [-0.1, -0.05) is 6.07 Å². The molecule has 1 aliphatic rings. The Kier molecular flexibility index (Phi) is 6.17. The molecule has 0 unspecified atom stereocenters. The summed E-state index contributed by atoms with van der Waals surface area (Å²) in [5.74, 6) is 0.897. The van der Waals surface area contributed by atoms with E-state index in [0.29, 0.717) is 18.7 Å². The van der Waals surface area contributed by atoms with Gasteiger partial charge >= 0.3 is 0 Å². The Bertz CT molecular complexity index is 706. The summed E-state index contributed by atoms with van der Waals surface area (Å²) in [5, 5.41) is 0. The number of aromatic nitrogens is 2. The van der Waals surface area contributed by atoms with E-state index in [2.05, 4.69) is 14.9 Å². The quantitative estimate of drug-likeness (QED) is 0.798. The maximum atomic E-state index is 12.2. The predicted molar refractivity (Wildman–Crippen MR) is 101 cm³/mol. The van der Waals surface area contributed by atoms with Crippen LogP contribution in [0.3, 0.4) is 0 Å². The van der Waals surface area contributed by atoms with Crippen molar-refractivity contribution in [2.24, 2.45) is 0 Å². The molecule has 1 atom stereocenters. The summed E-state index contributed by atoms with van der Waals surface area (Å²) in [6, 6.07) is 9.64.